The van der Waals surface area contributed by atoms with Crippen LogP contribution in [0.1, 0.15) is 28.0 Å². The van der Waals surface area contributed by atoms with Crippen molar-refractivity contribution in [2.45, 2.75) is 19.8 Å². The van der Waals surface area contributed by atoms with E-state index in [1.807, 2.05) is 23.1 Å². The highest BCUT2D eigenvalue weighted by Crippen LogP contribution is 2.18. The van der Waals surface area contributed by atoms with Gasteiger partial charge in [-0.15, -0.1) is 0 Å². The number of nitrogens with one attached hydrogen (secondary N) is 1. The Morgan fingerprint density at radius 1 is 1.28 bits per heavy atom. The largest absolute Gasteiger partial charge is 0.352 e. The van der Waals surface area contributed by atoms with Crippen LogP contribution >= 0.6 is 0 Å². The van der Waals surface area contributed by atoms with Crippen LogP contribution in [0.3, 0.4) is 0 Å². The van der Waals surface area contributed by atoms with Crippen LogP contribution in [0.15, 0.2) is 42.6 Å². The summed E-state index contributed by atoms with van der Waals surface area (Å²) in [6.07, 6.45) is 2.85. The normalized spacial score (nSPS) is 16.9. The van der Waals surface area contributed by atoms with Gasteiger partial charge in [0.15, 0.2) is 0 Å². The highest BCUT2D eigenvalue weighted by atomic mass is 16.2. The molecule has 1 aromatic carbocycles. The van der Waals surface area contributed by atoms with Gasteiger partial charge in [-0.05, 0) is 25.0 Å². The Morgan fingerprint density at radius 2 is 2.08 bits per heavy atom. The molecule has 2 amide bonds. The van der Waals surface area contributed by atoms with Crippen molar-refractivity contribution < 1.29 is 9.59 Å². The van der Waals surface area contributed by atoms with E-state index in [9.17, 15) is 9.59 Å². The van der Waals surface area contributed by atoms with Crippen LogP contribution in [0.5, 0.6) is 0 Å². The molecule has 1 saturated heterocycles. The van der Waals surface area contributed by atoms with Crippen LogP contribution in [-0.2, 0) is 11.2 Å². The molecular formula is C19H22N4O2. The number of nitrogens with zero attached hydrogens (tertiary/aromatic N) is 3. The van der Waals surface area contributed by atoms with Crippen molar-refractivity contribution in [1.82, 2.24) is 20.4 Å². The van der Waals surface area contributed by atoms with Crippen LogP contribution in [0, 0.1) is 12.8 Å². The van der Waals surface area contributed by atoms with Crippen molar-refractivity contribution in [3.05, 3.63) is 59.4 Å². The maximum atomic E-state index is 12.2. The summed E-state index contributed by atoms with van der Waals surface area (Å²) in [5, 5.41) is 10.5. The van der Waals surface area contributed by atoms with Gasteiger partial charge in [0.1, 0.15) is 0 Å². The van der Waals surface area contributed by atoms with Crippen molar-refractivity contribution in [3.8, 4) is 0 Å². The lowest BCUT2D eigenvalue weighted by molar-refractivity contribution is -0.127. The van der Waals surface area contributed by atoms with Gasteiger partial charge in [0.25, 0.3) is 5.91 Å². The zero-order chi connectivity index (χ0) is 17.6. The molecular weight excluding hydrogens is 316 g/mol. The Balaban J connectivity index is 1.48. The van der Waals surface area contributed by atoms with Crippen LogP contribution in [0.25, 0.3) is 0 Å². The van der Waals surface area contributed by atoms with E-state index in [0.29, 0.717) is 30.8 Å². The van der Waals surface area contributed by atoms with Crippen molar-refractivity contribution in [2.24, 2.45) is 5.92 Å². The van der Waals surface area contributed by atoms with E-state index in [1.54, 1.807) is 13.0 Å². The summed E-state index contributed by atoms with van der Waals surface area (Å²) in [7, 11) is 0. The third kappa shape index (κ3) is 4.41. The molecule has 25 heavy (non-hydrogen) atoms. The fourth-order valence-corrected chi connectivity index (χ4v) is 3.09. The summed E-state index contributed by atoms with van der Waals surface area (Å²) in [4.78, 5) is 26.3. The topological polar surface area (TPSA) is 75.2 Å². The maximum absolute atomic E-state index is 12.2. The number of carbonyl (C=O) groups excluding carboxylic acids is 2. The molecule has 2 heterocycles. The second kappa shape index (κ2) is 7.88. The van der Waals surface area contributed by atoms with Gasteiger partial charge < -0.3 is 10.2 Å². The fourth-order valence-electron chi connectivity index (χ4n) is 3.09. The second-order valence-corrected chi connectivity index (χ2v) is 6.39. The molecule has 0 aliphatic carbocycles. The highest BCUT2D eigenvalue weighted by Gasteiger charge is 2.29. The van der Waals surface area contributed by atoms with E-state index < -0.39 is 0 Å². The van der Waals surface area contributed by atoms with Gasteiger partial charge in [0.05, 0.1) is 17.5 Å². The SMILES string of the molecule is Cc1nnccc1C(=O)NCC1CC(=O)N(CCc2ccccc2)C1. The Morgan fingerprint density at radius 3 is 2.84 bits per heavy atom. The molecule has 6 heteroatoms. The van der Waals surface area contributed by atoms with E-state index >= 15 is 0 Å². The molecule has 1 N–H and O–H groups in total. The van der Waals surface area contributed by atoms with Crippen molar-refractivity contribution >= 4 is 11.8 Å². The molecule has 1 aliphatic heterocycles. The summed E-state index contributed by atoms with van der Waals surface area (Å²) >= 11 is 0. The average Bonchev–Trinajstić information content (AvgIpc) is 2.99. The predicted molar refractivity (Wildman–Crippen MR) is 93.9 cm³/mol. The zero-order valence-electron chi connectivity index (χ0n) is 14.3. The number of rotatable bonds is 6. The number of benzene rings is 1. The molecule has 1 aliphatic rings. The average molecular weight is 338 g/mol. The molecule has 1 fully saturated rings. The van der Waals surface area contributed by atoms with E-state index in [1.165, 1.54) is 11.8 Å². The van der Waals surface area contributed by atoms with E-state index in [-0.39, 0.29) is 17.7 Å². The third-order valence-corrected chi connectivity index (χ3v) is 4.51. The Kier molecular flexibility index (Phi) is 5.38. The van der Waals surface area contributed by atoms with E-state index in [4.69, 9.17) is 0 Å². The van der Waals surface area contributed by atoms with Gasteiger partial charge in [0.2, 0.25) is 5.91 Å². The first-order chi connectivity index (χ1) is 12.1. The number of likely N-dealkylation sites (tertiary alicyclic amines) is 1. The molecule has 2 aromatic rings. The number of hydrogen-bond donors (Lipinski definition) is 1. The van der Waals surface area contributed by atoms with Gasteiger partial charge in [-0.3, -0.25) is 9.59 Å². The molecule has 1 atom stereocenters. The van der Waals surface area contributed by atoms with Crippen molar-refractivity contribution in [1.29, 1.82) is 0 Å². The van der Waals surface area contributed by atoms with Gasteiger partial charge in [-0.25, -0.2) is 0 Å². The Bertz CT molecular complexity index is 748. The number of aryl methyl sites for hydroxylation is 1. The monoisotopic (exact) mass is 338 g/mol. The van der Waals surface area contributed by atoms with Gasteiger partial charge >= 0.3 is 0 Å². The molecule has 130 valence electrons. The van der Waals surface area contributed by atoms with Crippen molar-refractivity contribution in [2.75, 3.05) is 19.6 Å². The zero-order valence-corrected chi connectivity index (χ0v) is 14.3. The molecule has 3 rings (SSSR count). The molecule has 0 radical (unpaired) electrons. The standard InChI is InChI=1S/C19H22N4O2/c1-14-17(7-9-21-22-14)19(25)20-12-16-11-18(24)23(13-16)10-8-15-5-3-2-4-6-15/h2-7,9,16H,8,10-13H2,1H3,(H,20,25). The molecule has 0 spiro atoms. The summed E-state index contributed by atoms with van der Waals surface area (Å²) in [6.45, 7) is 3.67. The first-order valence-corrected chi connectivity index (χ1v) is 8.51. The van der Waals surface area contributed by atoms with Crippen LogP contribution in [0.4, 0.5) is 0 Å². The van der Waals surface area contributed by atoms with Crippen LogP contribution in [0.2, 0.25) is 0 Å². The van der Waals surface area contributed by atoms with E-state index in [2.05, 4.69) is 27.6 Å². The minimum atomic E-state index is -0.164. The smallest absolute Gasteiger partial charge is 0.253 e. The van der Waals surface area contributed by atoms with Gasteiger partial charge in [0, 0.05) is 32.0 Å². The quantitative estimate of drug-likeness (QED) is 0.868. The summed E-state index contributed by atoms with van der Waals surface area (Å²) < 4.78 is 0. The summed E-state index contributed by atoms with van der Waals surface area (Å²) in [5.41, 5.74) is 2.36. The molecule has 6 nitrogen and oxygen atoms in total. The lowest BCUT2D eigenvalue weighted by atomic mass is 10.1. The van der Waals surface area contributed by atoms with E-state index in [0.717, 1.165) is 13.0 Å². The van der Waals surface area contributed by atoms with Gasteiger partial charge in [-0.1, -0.05) is 30.3 Å². The minimum Gasteiger partial charge on any atom is -0.352 e. The molecule has 0 bridgehead atoms. The second-order valence-electron chi connectivity index (χ2n) is 6.39. The molecule has 1 aromatic heterocycles. The summed E-state index contributed by atoms with van der Waals surface area (Å²) in [6, 6.07) is 11.8. The number of amides is 2. The van der Waals surface area contributed by atoms with Crippen molar-refractivity contribution in [3.63, 3.8) is 0 Å². The van der Waals surface area contributed by atoms with Crippen LogP contribution < -0.4 is 5.32 Å². The number of hydrogen-bond acceptors (Lipinski definition) is 4. The summed E-state index contributed by atoms with van der Waals surface area (Å²) in [5.74, 6) is 0.154. The first-order valence-electron chi connectivity index (χ1n) is 8.51. The minimum absolute atomic E-state index is 0.155. The predicted octanol–water partition coefficient (Wildman–Crippen LogP) is 1.61. The Labute approximate surface area is 147 Å². The van der Waals surface area contributed by atoms with Gasteiger partial charge in [-0.2, -0.15) is 10.2 Å². The fraction of sp³-hybridized carbons (Fsp3) is 0.368. The molecule has 0 saturated carbocycles. The number of aromatic nitrogens is 2. The lowest BCUT2D eigenvalue weighted by Crippen LogP contribution is -2.32. The molecule has 1 unspecified atom stereocenters. The van der Waals surface area contributed by atoms with Crippen LogP contribution in [-0.4, -0.2) is 46.5 Å². The third-order valence-electron chi connectivity index (χ3n) is 4.51. The lowest BCUT2D eigenvalue weighted by Gasteiger charge is -2.17. The first kappa shape index (κ1) is 17.1. The maximum Gasteiger partial charge on any atom is 0.253 e. The highest BCUT2D eigenvalue weighted by molar-refractivity contribution is 5.95. The number of carbonyl (C=O) groups is 2. The Hall–Kier alpha value is -2.76.